The van der Waals surface area contributed by atoms with Crippen molar-refractivity contribution in [3.8, 4) is 11.5 Å². The van der Waals surface area contributed by atoms with Gasteiger partial charge in [0.25, 0.3) is 0 Å². The van der Waals surface area contributed by atoms with Crippen molar-refractivity contribution < 1.29 is 26.7 Å². The van der Waals surface area contributed by atoms with Crippen LogP contribution in [0.4, 0.5) is 13.9 Å². The summed E-state index contributed by atoms with van der Waals surface area (Å²) in [6.07, 6.45) is 0.588. The summed E-state index contributed by atoms with van der Waals surface area (Å²) in [5.74, 6) is -0.779. The smallest absolute Gasteiger partial charge is 0.249 e. The molecule has 0 radical (unpaired) electrons. The van der Waals surface area contributed by atoms with E-state index in [2.05, 4.69) is 4.98 Å². The quantitative estimate of drug-likeness (QED) is 0.499. The molecular formula is C22H23F2N3O4S2. The number of thiazole rings is 1. The monoisotopic (exact) mass is 495 g/mol. The maximum Gasteiger partial charge on any atom is 0.249 e. The number of piperazine rings is 1. The van der Waals surface area contributed by atoms with Crippen LogP contribution < -0.4 is 14.4 Å². The Balaban J connectivity index is 1.43. The predicted molar refractivity (Wildman–Crippen MR) is 122 cm³/mol. The Morgan fingerprint density at radius 1 is 1.00 bits per heavy atom. The Bertz CT molecular complexity index is 1200. The standard InChI is InChI=1S/C22H23F2N3O4S2/c1-30-17-11-15(12-18(13-17)31-2)10-16-14-32-22(25-16)26-6-8-27(9-7-26)33(28,29)21-19(23)4-3-5-20(21)24/h3-5,11-14H,6-10H2,1-2H3. The maximum atomic E-state index is 14.0. The molecule has 2 aromatic carbocycles. The van der Waals surface area contributed by atoms with Crippen molar-refractivity contribution in [2.24, 2.45) is 0 Å². The Morgan fingerprint density at radius 2 is 1.61 bits per heavy atom. The van der Waals surface area contributed by atoms with Crippen molar-refractivity contribution in [1.29, 1.82) is 0 Å². The molecule has 33 heavy (non-hydrogen) atoms. The summed E-state index contributed by atoms with van der Waals surface area (Å²) < 4.78 is 65.4. The summed E-state index contributed by atoms with van der Waals surface area (Å²) in [5, 5.41) is 2.73. The number of hydrogen-bond acceptors (Lipinski definition) is 7. The van der Waals surface area contributed by atoms with Gasteiger partial charge in [0.1, 0.15) is 23.1 Å². The summed E-state index contributed by atoms with van der Waals surface area (Å²) in [7, 11) is -1.07. The van der Waals surface area contributed by atoms with Gasteiger partial charge in [-0.05, 0) is 29.8 Å². The van der Waals surface area contributed by atoms with Gasteiger partial charge in [-0.3, -0.25) is 0 Å². The highest BCUT2D eigenvalue weighted by atomic mass is 32.2. The maximum absolute atomic E-state index is 14.0. The number of halogens is 2. The third-order valence-electron chi connectivity index (χ3n) is 5.36. The molecule has 1 aliphatic rings. The second-order valence-electron chi connectivity index (χ2n) is 7.46. The lowest BCUT2D eigenvalue weighted by Crippen LogP contribution is -2.49. The molecule has 0 saturated carbocycles. The molecular weight excluding hydrogens is 472 g/mol. The van der Waals surface area contributed by atoms with Crippen molar-refractivity contribution in [1.82, 2.24) is 9.29 Å². The number of nitrogens with zero attached hydrogens (tertiary/aromatic N) is 3. The van der Waals surface area contributed by atoms with Gasteiger partial charge in [-0.2, -0.15) is 4.31 Å². The molecule has 1 saturated heterocycles. The van der Waals surface area contributed by atoms with Crippen molar-refractivity contribution in [2.75, 3.05) is 45.3 Å². The van der Waals surface area contributed by atoms with Crippen LogP contribution in [-0.4, -0.2) is 58.1 Å². The third kappa shape index (κ3) is 4.94. The van der Waals surface area contributed by atoms with Crippen molar-refractivity contribution >= 4 is 26.5 Å². The van der Waals surface area contributed by atoms with Crippen LogP contribution >= 0.6 is 11.3 Å². The topological polar surface area (TPSA) is 72.0 Å². The molecule has 7 nitrogen and oxygen atoms in total. The Labute approximate surface area is 195 Å². The number of benzene rings is 2. The summed E-state index contributed by atoms with van der Waals surface area (Å²) >= 11 is 1.47. The van der Waals surface area contributed by atoms with Crippen molar-refractivity contribution in [3.63, 3.8) is 0 Å². The highest BCUT2D eigenvalue weighted by molar-refractivity contribution is 7.89. The van der Waals surface area contributed by atoms with Gasteiger partial charge in [-0.25, -0.2) is 22.2 Å². The molecule has 11 heteroatoms. The van der Waals surface area contributed by atoms with Gasteiger partial charge in [-0.1, -0.05) is 6.07 Å². The summed E-state index contributed by atoms with van der Waals surface area (Å²) in [4.78, 5) is 5.77. The van der Waals surface area contributed by atoms with E-state index in [0.29, 0.717) is 31.0 Å². The molecule has 0 amide bonds. The minimum atomic E-state index is -4.26. The minimum absolute atomic E-state index is 0.109. The second-order valence-corrected chi connectivity index (χ2v) is 10.2. The molecule has 176 valence electrons. The molecule has 0 N–H and O–H groups in total. The van der Waals surface area contributed by atoms with E-state index in [0.717, 1.165) is 38.9 Å². The van der Waals surface area contributed by atoms with Crippen LogP contribution in [0.1, 0.15) is 11.3 Å². The number of aromatic nitrogens is 1. The average Bonchev–Trinajstić information content (AvgIpc) is 3.27. The molecule has 1 aliphatic heterocycles. The predicted octanol–water partition coefficient (Wildman–Crippen LogP) is 3.54. The van der Waals surface area contributed by atoms with E-state index < -0.39 is 26.6 Å². The highest BCUT2D eigenvalue weighted by Crippen LogP contribution is 2.29. The average molecular weight is 496 g/mol. The van der Waals surface area contributed by atoms with E-state index in [-0.39, 0.29) is 13.1 Å². The lowest BCUT2D eigenvalue weighted by molar-refractivity contribution is 0.378. The number of ether oxygens (including phenoxy) is 2. The lowest BCUT2D eigenvalue weighted by Gasteiger charge is -2.33. The molecule has 0 atom stereocenters. The first kappa shape index (κ1) is 23.4. The van der Waals surface area contributed by atoms with E-state index in [1.54, 1.807) is 20.3 Å². The summed E-state index contributed by atoms with van der Waals surface area (Å²) in [6, 6.07) is 8.68. The van der Waals surface area contributed by atoms with E-state index >= 15 is 0 Å². The fraction of sp³-hybridized carbons (Fsp3) is 0.318. The summed E-state index contributed by atoms with van der Waals surface area (Å²) in [5.41, 5.74) is 1.86. The zero-order valence-electron chi connectivity index (χ0n) is 18.1. The van der Waals surface area contributed by atoms with Gasteiger partial charge in [-0.15, -0.1) is 11.3 Å². The molecule has 2 heterocycles. The van der Waals surface area contributed by atoms with Crippen molar-refractivity contribution in [2.45, 2.75) is 11.3 Å². The van der Waals surface area contributed by atoms with E-state index in [9.17, 15) is 17.2 Å². The zero-order valence-corrected chi connectivity index (χ0v) is 19.8. The first-order chi connectivity index (χ1) is 15.8. The van der Waals surface area contributed by atoms with Crippen molar-refractivity contribution in [3.05, 3.63) is 64.7 Å². The van der Waals surface area contributed by atoms with Gasteiger partial charge in [0, 0.05) is 44.0 Å². The van der Waals surface area contributed by atoms with E-state index in [1.807, 2.05) is 22.4 Å². The normalized spacial score (nSPS) is 15.0. The zero-order chi connectivity index (χ0) is 23.6. The largest absolute Gasteiger partial charge is 0.497 e. The molecule has 0 aliphatic carbocycles. The molecule has 0 bridgehead atoms. The lowest BCUT2D eigenvalue weighted by atomic mass is 10.1. The minimum Gasteiger partial charge on any atom is -0.497 e. The molecule has 0 spiro atoms. The molecule has 1 aromatic heterocycles. The number of anilines is 1. The Kier molecular flexibility index (Phi) is 6.82. The fourth-order valence-electron chi connectivity index (χ4n) is 3.68. The van der Waals surface area contributed by atoms with E-state index in [1.165, 1.54) is 11.3 Å². The summed E-state index contributed by atoms with van der Waals surface area (Å²) in [6.45, 7) is 0.959. The first-order valence-electron chi connectivity index (χ1n) is 10.2. The van der Waals surface area contributed by atoms with Gasteiger partial charge in [0.2, 0.25) is 10.0 Å². The van der Waals surface area contributed by atoms with Crippen LogP contribution in [0.5, 0.6) is 11.5 Å². The van der Waals surface area contributed by atoms with Crippen LogP contribution in [0.15, 0.2) is 46.7 Å². The molecule has 1 fully saturated rings. The molecule has 4 rings (SSSR count). The van der Waals surface area contributed by atoms with Gasteiger partial charge in [0.05, 0.1) is 19.9 Å². The molecule has 0 unspecified atom stereocenters. The van der Waals surface area contributed by atoms with Crippen LogP contribution in [0, 0.1) is 11.6 Å². The third-order valence-corrected chi connectivity index (χ3v) is 8.26. The van der Waals surface area contributed by atoms with Gasteiger partial charge >= 0.3 is 0 Å². The van der Waals surface area contributed by atoms with Gasteiger partial charge < -0.3 is 14.4 Å². The van der Waals surface area contributed by atoms with Crippen LogP contribution in [-0.2, 0) is 16.4 Å². The number of methoxy groups -OCH3 is 2. The molecule has 3 aromatic rings. The number of sulfonamides is 1. The Hall–Kier alpha value is -2.76. The Morgan fingerprint density at radius 3 is 2.18 bits per heavy atom. The SMILES string of the molecule is COc1cc(Cc2csc(N3CCN(S(=O)(=O)c4c(F)cccc4F)CC3)n2)cc(OC)c1. The fourth-order valence-corrected chi connectivity index (χ4v) is 6.09. The van der Waals surface area contributed by atoms with Crippen LogP contribution in [0.2, 0.25) is 0 Å². The number of hydrogen-bond donors (Lipinski definition) is 0. The van der Waals surface area contributed by atoms with Crippen LogP contribution in [0.25, 0.3) is 0 Å². The second kappa shape index (κ2) is 9.62. The number of rotatable bonds is 7. The van der Waals surface area contributed by atoms with Gasteiger partial charge in [0.15, 0.2) is 10.0 Å². The highest BCUT2D eigenvalue weighted by Gasteiger charge is 2.33. The van der Waals surface area contributed by atoms with Crippen LogP contribution in [0.3, 0.4) is 0 Å². The first-order valence-corrected chi connectivity index (χ1v) is 12.5. The van der Waals surface area contributed by atoms with E-state index in [4.69, 9.17) is 9.47 Å².